The third-order valence-corrected chi connectivity index (χ3v) is 16.8. The first kappa shape index (κ1) is 50.4. The summed E-state index contributed by atoms with van der Waals surface area (Å²) in [4.78, 5) is 15.4. The van der Waals surface area contributed by atoms with Gasteiger partial charge >= 0.3 is 0 Å². The molecule has 1 aliphatic carbocycles. The molecule has 6 heteroatoms. The van der Waals surface area contributed by atoms with Crippen LogP contribution in [-0.2, 0) is 25.7 Å². The Morgan fingerprint density at radius 1 is 0.354 bits per heavy atom. The second-order valence-electron chi connectivity index (χ2n) is 21.6. The summed E-state index contributed by atoms with van der Waals surface area (Å²) >= 11 is 0. The van der Waals surface area contributed by atoms with Gasteiger partial charge in [0.2, 0.25) is 0 Å². The molecule has 0 amide bonds. The maximum atomic E-state index is 5.36. The third-order valence-electron chi connectivity index (χ3n) is 16.8. The van der Waals surface area contributed by atoms with Gasteiger partial charge in [-0.15, -0.1) is 0 Å². The summed E-state index contributed by atoms with van der Waals surface area (Å²) in [5.41, 5.74) is 24.5. The normalized spacial score (nSPS) is 12.5. The Bertz CT molecular complexity index is 4460. The third kappa shape index (κ3) is 9.01. The molecule has 6 nitrogen and oxygen atoms in total. The summed E-state index contributed by atoms with van der Waals surface area (Å²) in [6.45, 7) is 8.93. The minimum Gasteiger partial charge on any atom is -0.311 e. The molecule has 0 atom stereocenters. The zero-order chi connectivity index (χ0) is 55.3. The maximum Gasteiger partial charge on any atom is 0.0973 e. The molecule has 0 radical (unpaired) electrons. The Kier molecular flexibility index (Phi) is 13.1. The number of hydrogen-bond acceptors (Lipinski definition) is 4. The van der Waals surface area contributed by atoms with Gasteiger partial charge in [-0.3, -0.25) is 0 Å². The van der Waals surface area contributed by atoms with Crippen molar-refractivity contribution in [2.24, 2.45) is 0 Å². The highest BCUT2D eigenvalue weighted by Gasteiger charge is 2.21. The van der Waals surface area contributed by atoms with Crippen molar-refractivity contribution in [1.82, 2.24) is 19.1 Å². The van der Waals surface area contributed by atoms with Crippen LogP contribution in [0.5, 0.6) is 0 Å². The van der Waals surface area contributed by atoms with Crippen LogP contribution in [0.3, 0.4) is 0 Å². The van der Waals surface area contributed by atoms with Gasteiger partial charge in [0.25, 0.3) is 0 Å². The van der Waals surface area contributed by atoms with Gasteiger partial charge in [0.15, 0.2) is 0 Å². The fourth-order valence-electron chi connectivity index (χ4n) is 12.3. The Morgan fingerprint density at radius 2 is 0.707 bits per heavy atom. The van der Waals surface area contributed by atoms with Crippen LogP contribution in [0.25, 0.3) is 88.5 Å². The molecule has 0 saturated carbocycles. The number of aryl methyl sites for hydroxylation is 4. The van der Waals surface area contributed by atoms with Crippen LogP contribution in [0.1, 0.15) is 62.8 Å². The number of para-hydroxylation sites is 3. The second kappa shape index (κ2) is 21.4. The fourth-order valence-corrected chi connectivity index (χ4v) is 12.3. The van der Waals surface area contributed by atoms with Crippen LogP contribution < -0.4 is 9.80 Å². The average Bonchev–Trinajstić information content (AvgIpc) is 3.52. The van der Waals surface area contributed by atoms with Crippen molar-refractivity contribution in [3.05, 3.63) is 271 Å². The van der Waals surface area contributed by atoms with Crippen molar-refractivity contribution in [3.8, 4) is 33.9 Å². The first-order chi connectivity index (χ1) is 40.4. The average molecular weight is 1060 g/mol. The molecule has 398 valence electrons. The number of benzene rings is 10. The highest BCUT2D eigenvalue weighted by atomic mass is 15.2. The predicted molar refractivity (Wildman–Crippen MR) is 346 cm³/mol. The van der Waals surface area contributed by atoms with Gasteiger partial charge in [0.1, 0.15) is 0 Å². The Morgan fingerprint density at radius 3 is 1.07 bits per heavy atom. The van der Waals surface area contributed by atoms with E-state index in [4.69, 9.17) is 9.97 Å². The van der Waals surface area contributed by atoms with Gasteiger partial charge in [-0.25, -0.2) is 9.97 Å². The fraction of sp³-hybridized carbons (Fsp3) is 0.132. The molecule has 10 aromatic carbocycles. The SMILES string of the molecule is CCc1ccc2c(c1)c1cc(CC)ccc1n2-c1ccc(N(C2=CCCC=C2)c2ccc(-c3nc4ccccc4nc3-c3ccc(N(c4ccccc4)c4ccc(-n5c6ccc(CC)cc6c6cc(CC)ccc65)cc4)cc3)cc2)cc1. The molecule has 82 heavy (non-hydrogen) atoms. The molecule has 14 rings (SSSR count). The number of fused-ring (bicyclic) bond motifs is 7. The summed E-state index contributed by atoms with van der Waals surface area (Å²) in [5.74, 6) is 0. The van der Waals surface area contributed by atoms with Crippen LogP contribution in [0.4, 0.5) is 28.4 Å². The van der Waals surface area contributed by atoms with E-state index in [-0.39, 0.29) is 0 Å². The van der Waals surface area contributed by atoms with Crippen LogP contribution in [0.2, 0.25) is 0 Å². The molecule has 0 unspecified atom stereocenters. The van der Waals surface area contributed by atoms with E-state index in [1.165, 1.54) is 65.9 Å². The zero-order valence-electron chi connectivity index (χ0n) is 47.0. The number of anilines is 5. The van der Waals surface area contributed by atoms with Crippen LogP contribution in [-0.4, -0.2) is 19.1 Å². The van der Waals surface area contributed by atoms with Crippen molar-refractivity contribution < 1.29 is 0 Å². The smallest absolute Gasteiger partial charge is 0.0973 e. The molecule has 0 aliphatic heterocycles. The lowest BCUT2D eigenvalue weighted by atomic mass is 10.0. The molecular weight excluding hydrogens is 997 g/mol. The second-order valence-corrected chi connectivity index (χ2v) is 21.6. The number of allylic oxidation sites excluding steroid dienone is 3. The summed E-state index contributed by atoms with van der Waals surface area (Å²) in [5, 5.41) is 5.22. The first-order valence-electron chi connectivity index (χ1n) is 29.3. The summed E-state index contributed by atoms with van der Waals surface area (Å²) in [6.07, 6.45) is 13.0. The van der Waals surface area contributed by atoms with E-state index in [0.717, 1.165) is 118 Å². The molecule has 0 spiro atoms. The van der Waals surface area contributed by atoms with Gasteiger partial charge in [-0.1, -0.05) is 119 Å². The topological polar surface area (TPSA) is 42.1 Å². The quantitative estimate of drug-likeness (QED) is 0.109. The molecule has 0 fully saturated rings. The Labute approximate surface area is 480 Å². The number of rotatable bonds is 14. The predicted octanol–water partition coefficient (Wildman–Crippen LogP) is 20.2. The largest absolute Gasteiger partial charge is 0.311 e. The summed E-state index contributed by atoms with van der Waals surface area (Å²) < 4.78 is 4.84. The van der Waals surface area contributed by atoms with E-state index in [9.17, 15) is 0 Å². The monoisotopic (exact) mass is 1060 g/mol. The lowest BCUT2D eigenvalue weighted by Crippen LogP contribution is -2.16. The van der Waals surface area contributed by atoms with Crippen molar-refractivity contribution in [1.29, 1.82) is 0 Å². The number of aromatic nitrogens is 4. The molecule has 0 bridgehead atoms. The van der Waals surface area contributed by atoms with Gasteiger partial charge in [0.05, 0.1) is 44.5 Å². The van der Waals surface area contributed by atoms with E-state index in [1.807, 2.05) is 12.1 Å². The first-order valence-corrected chi connectivity index (χ1v) is 29.3. The molecule has 0 saturated heterocycles. The van der Waals surface area contributed by atoms with E-state index < -0.39 is 0 Å². The minimum absolute atomic E-state index is 0.837. The summed E-state index contributed by atoms with van der Waals surface area (Å²) in [6, 6.07) is 82.4. The highest BCUT2D eigenvalue weighted by Crippen LogP contribution is 2.42. The maximum absolute atomic E-state index is 5.36. The summed E-state index contributed by atoms with van der Waals surface area (Å²) in [7, 11) is 0. The molecule has 13 aromatic rings. The highest BCUT2D eigenvalue weighted by molar-refractivity contribution is 6.11. The van der Waals surface area contributed by atoms with Crippen molar-refractivity contribution >= 4 is 83.1 Å². The van der Waals surface area contributed by atoms with Crippen molar-refractivity contribution in [2.45, 2.75) is 66.2 Å². The van der Waals surface area contributed by atoms with Crippen molar-refractivity contribution in [2.75, 3.05) is 9.80 Å². The zero-order valence-corrected chi connectivity index (χ0v) is 47.0. The molecule has 0 N–H and O–H groups in total. The Balaban J connectivity index is 0.803. The van der Waals surface area contributed by atoms with E-state index in [1.54, 1.807) is 0 Å². The number of nitrogens with zero attached hydrogens (tertiary/aromatic N) is 6. The standard InChI is InChI=1S/C76H64N6/c1-5-51-23-43-71-65(47-51)66-48-52(6-2)24-44-72(66)81(71)63-39-35-61(36-40-63)79(57-17-11-9-12-18-57)59-31-27-55(28-32-59)75-76(78-70-22-16-15-21-69(70)77-75)56-29-33-60(34-30-56)80(58-19-13-10-14-20-58)62-37-41-64(42-38-62)82-73-45-25-53(7-3)49-67(73)68-50-54(8-4)26-46-74(68)82/h9,11-13,15-50H,5-8,10,14H2,1-4H3. The van der Waals surface area contributed by atoms with E-state index in [0.29, 0.717) is 0 Å². The van der Waals surface area contributed by atoms with Gasteiger partial charge in [-0.05, 0) is 212 Å². The van der Waals surface area contributed by atoms with Crippen LogP contribution >= 0.6 is 0 Å². The van der Waals surface area contributed by atoms with E-state index in [2.05, 4.69) is 277 Å². The number of hydrogen-bond donors (Lipinski definition) is 0. The van der Waals surface area contributed by atoms with Crippen LogP contribution in [0, 0.1) is 0 Å². The lowest BCUT2D eigenvalue weighted by molar-refractivity contribution is 0.997. The van der Waals surface area contributed by atoms with Crippen LogP contribution in [0.15, 0.2) is 248 Å². The van der Waals surface area contributed by atoms with Gasteiger partial charge in [-0.2, -0.15) is 0 Å². The minimum atomic E-state index is 0.837. The van der Waals surface area contributed by atoms with E-state index >= 15 is 0 Å². The molecular formula is C76H64N6. The Hall–Kier alpha value is -9.78. The molecule has 1 aliphatic rings. The van der Waals surface area contributed by atoms with Gasteiger partial charge < -0.3 is 18.9 Å². The molecule has 3 aromatic heterocycles. The van der Waals surface area contributed by atoms with Gasteiger partial charge in [0, 0.05) is 78.2 Å². The lowest BCUT2D eigenvalue weighted by Gasteiger charge is -2.28. The molecule has 3 heterocycles. The van der Waals surface area contributed by atoms with Crippen molar-refractivity contribution in [3.63, 3.8) is 0 Å².